The first kappa shape index (κ1) is 14.8. The van der Waals surface area contributed by atoms with Crippen LogP contribution in [0.4, 0.5) is 4.39 Å². The van der Waals surface area contributed by atoms with Crippen LogP contribution in [0.25, 0.3) is 11.1 Å². The summed E-state index contributed by atoms with van der Waals surface area (Å²) in [5, 5.41) is 4.74. The summed E-state index contributed by atoms with van der Waals surface area (Å²) in [6.07, 6.45) is 0. The number of hydrogen-bond acceptors (Lipinski definition) is 3. The third kappa shape index (κ3) is 3.37. The highest BCUT2D eigenvalue weighted by atomic mass is 19.1. The molecule has 0 unspecified atom stereocenters. The van der Waals surface area contributed by atoms with Gasteiger partial charge in [0.15, 0.2) is 0 Å². The van der Waals surface area contributed by atoms with Crippen LogP contribution in [-0.4, -0.2) is 10.2 Å². The average Bonchev–Trinajstić information content (AvgIpc) is 2.57. The Bertz CT molecular complexity index is 932. The van der Waals surface area contributed by atoms with Crippen LogP contribution in [0.1, 0.15) is 5.69 Å². The second-order valence-electron chi connectivity index (χ2n) is 4.91. The first-order valence-electron chi connectivity index (χ1n) is 6.92. The van der Waals surface area contributed by atoms with Crippen LogP contribution in [0.3, 0.4) is 0 Å². The molecule has 116 valence electrons. The van der Waals surface area contributed by atoms with Crippen molar-refractivity contribution in [3.8, 4) is 16.9 Å². The summed E-state index contributed by atoms with van der Waals surface area (Å²) in [5.41, 5.74) is 0.263. The summed E-state index contributed by atoms with van der Waals surface area (Å²) in [4.78, 5) is 22.2. The fourth-order valence-corrected chi connectivity index (χ4v) is 2.13. The predicted molar refractivity (Wildman–Crippen MR) is 83.9 cm³/mol. The summed E-state index contributed by atoms with van der Waals surface area (Å²) < 4.78 is 19.6. The molecule has 0 spiro atoms. The molecular weight excluding hydrogens is 299 g/mol. The van der Waals surface area contributed by atoms with Gasteiger partial charge in [-0.15, -0.1) is 0 Å². The molecule has 1 heterocycles. The van der Waals surface area contributed by atoms with E-state index in [1.54, 1.807) is 12.1 Å². The summed E-state index contributed by atoms with van der Waals surface area (Å²) in [6, 6.07) is 14.9. The lowest BCUT2D eigenvalue weighted by atomic mass is 10.1. The van der Waals surface area contributed by atoms with E-state index in [1.165, 1.54) is 6.07 Å². The van der Waals surface area contributed by atoms with E-state index in [0.29, 0.717) is 17.0 Å². The van der Waals surface area contributed by atoms with Crippen molar-refractivity contribution in [3.05, 3.63) is 86.7 Å². The van der Waals surface area contributed by atoms with Gasteiger partial charge in [0.1, 0.15) is 18.2 Å². The number of nitrogens with one attached hydrogen (secondary N) is 2. The van der Waals surface area contributed by atoms with Crippen LogP contribution in [0.2, 0.25) is 0 Å². The van der Waals surface area contributed by atoms with Crippen molar-refractivity contribution in [2.45, 2.75) is 6.61 Å². The molecule has 23 heavy (non-hydrogen) atoms. The third-order valence-corrected chi connectivity index (χ3v) is 3.29. The van der Waals surface area contributed by atoms with Crippen molar-refractivity contribution in [2.75, 3.05) is 0 Å². The maximum Gasteiger partial charge on any atom is 0.310 e. The topological polar surface area (TPSA) is 75.0 Å². The van der Waals surface area contributed by atoms with E-state index in [1.807, 2.05) is 30.3 Å². The lowest BCUT2D eigenvalue weighted by molar-refractivity contribution is 0.298. The summed E-state index contributed by atoms with van der Waals surface area (Å²) in [6.45, 7) is 0.0101. The number of hydrogen-bond donors (Lipinski definition) is 2. The molecule has 3 rings (SSSR count). The molecule has 2 aromatic carbocycles. The van der Waals surface area contributed by atoms with E-state index in [-0.39, 0.29) is 6.61 Å². The van der Waals surface area contributed by atoms with Crippen molar-refractivity contribution < 1.29 is 9.13 Å². The lowest BCUT2D eigenvalue weighted by Gasteiger charge is -2.08. The van der Waals surface area contributed by atoms with E-state index in [2.05, 4.69) is 10.2 Å². The summed E-state index contributed by atoms with van der Waals surface area (Å²) in [5.74, 6) is -0.0714. The fourth-order valence-electron chi connectivity index (χ4n) is 2.13. The monoisotopic (exact) mass is 312 g/mol. The standard InChI is InChI=1S/C17H13FN2O3/c18-15-9-13(6-7-14(15)11-4-2-1-3-5-11)23-10-12-8-16(21)17(22)20-19-12/h1-9H,10H2,(H,19,21)(H,20,22). The van der Waals surface area contributed by atoms with E-state index in [4.69, 9.17) is 4.74 Å². The SMILES string of the molecule is O=c1cc(COc2ccc(-c3ccccc3)c(F)c2)[nH][nH]c1=O. The second kappa shape index (κ2) is 6.31. The molecule has 0 amide bonds. The number of rotatable bonds is 4. The van der Waals surface area contributed by atoms with Crippen LogP contribution >= 0.6 is 0 Å². The van der Waals surface area contributed by atoms with Gasteiger partial charge in [-0.25, -0.2) is 4.39 Å². The van der Waals surface area contributed by atoms with Crippen molar-refractivity contribution in [1.29, 1.82) is 0 Å². The first-order valence-corrected chi connectivity index (χ1v) is 6.92. The minimum atomic E-state index is -0.730. The molecule has 0 atom stereocenters. The second-order valence-corrected chi connectivity index (χ2v) is 4.91. The van der Waals surface area contributed by atoms with Gasteiger partial charge in [-0.05, 0) is 17.7 Å². The van der Waals surface area contributed by atoms with Gasteiger partial charge < -0.3 is 4.74 Å². The number of halogens is 1. The Morgan fingerprint density at radius 1 is 0.957 bits per heavy atom. The van der Waals surface area contributed by atoms with Crippen LogP contribution < -0.4 is 15.7 Å². The van der Waals surface area contributed by atoms with E-state index in [9.17, 15) is 14.0 Å². The Morgan fingerprint density at radius 3 is 2.43 bits per heavy atom. The molecule has 0 saturated heterocycles. The van der Waals surface area contributed by atoms with Gasteiger partial charge in [0.05, 0.1) is 5.69 Å². The third-order valence-electron chi connectivity index (χ3n) is 3.29. The van der Waals surface area contributed by atoms with Gasteiger partial charge in [-0.1, -0.05) is 30.3 Å². The molecule has 5 nitrogen and oxygen atoms in total. The molecule has 0 aliphatic carbocycles. The molecular formula is C17H13FN2O3. The molecule has 1 aromatic heterocycles. The highest BCUT2D eigenvalue weighted by molar-refractivity contribution is 5.64. The zero-order chi connectivity index (χ0) is 16.2. The molecule has 2 N–H and O–H groups in total. The van der Waals surface area contributed by atoms with Gasteiger partial charge in [0.2, 0.25) is 5.43 Å². The Kier molecular flexibility index (Phi) is 4.05. The van der Waals surface area contributed by atoms with Crippen LogP contribution in [-0.2, 0) is 6.61 Å². The van der Waals surface area contributed by atoms with Crippen molar-refractivity contribution >= 4 is 0 Å². The van der Waals surface area contributed by atoms with Crippen molar-refractivity contribution in [1.82, 2.24) is 10.2 Å². The lowest BCUT2D eigenvalue weighted by Crippen LogP contribution is -2.28. The molecule has 3 aromatic rings. The molecule has 0 radical (unpaired) electrons. The van der Waals surface area contributed by atoms with Crippen LogP contribution in [0.5, 0.6) is 5.75 Å². The Labute approximate surface area is 130 Å². The zero-order valence-corrected chi connectivity index (χ0v) is 12.0. The quantitative estimate of drug-likeness (QED) is 0.727. The average molecular weight is 312 g/mol. The van der Waals surface area contributed by atoms with Crippen molar-refractivity contribution in [3.63, 3.8) is 0 Å². The summed E-state index contributed by atoms with van der Waals surface area (Å²) in [7, 11) is 0. The largest absolute Gasteiger partial charge is 0.487 e. The predicted octanol–water partition coefficient (Wildman–Crippen LogP) is 2.45. The molecule has 0 saturated carbocycles. The Hall–Kier alpha value is -3.15. The summed E-state index contributed by atoms with van der Waals surface area (Å²) >= 11 is 0. The minimum Gasteiger partial charge on any atom is -0.487 e. The smallest absolute Gasteiger partial charge is 0.310 e. The van der Waals surface area contributed by atoms with E-state index >= 15 is 0 Å². The number of aromatic nitrogens is 2. The van der Waals surface area contributed by atoms with Gasteiger partial charge in [0, 0.05) is 17.7 Å². The zero-order valence-electron chi connectivity index (χ0n) is 12.0. The van der Waals surface area contributed by atoms with Crippen LogP contribution in [0, 0.1) is 5.82 Å². The number of aromatic amines is 2. The fraction of sp³-hybridized carbons (Fsp3) is 0.0588. The van der Waals surface area contributed by atoms with Crippen molar-refractivity contribution in [2.24, 2.45) is 0 Å². The maximum absolute atomic E-state index is 14.2. The first-order chi connectivity index (χ1) is 11.1. The Morgan fingerprint density at radius 2 is 1.74 bits per heavy atom. The van der Waals surface area contributed by atoms with Crippen LogP contribution in [0.15, 0.2) is 64.2 Å². The highest BCUT2D eigenvalue weighted by Gasteiger charge is 2.07. The van der Waals surface area contributed by atoms with Gasteiger partial charge in [-0.3, -0.25) is 19.8 Å². The van der Waals surface area contributed by atoms with Gasteiger partial charge in [0.25, 0.3) is 0 Å². The van der Waals surface area contributed by atoms with Gasteiger partial charge >= 0.3 is 5.56 Å². The number of H-pyrrole nitrogens is 2. The molecule has 0 aliphatic rings. The number of ether oxygens (including phenoxy) is 1. The van der Waals surface area contributed by atoms with Gasteiger partial charge in [-0.2, -0.15) is 0 Å². The molecule has 0 fully saturated rings. The normalized spacial score (nSPS) is 10.5. The number of benzene rings is 2. The van der Waals surface area contributed by atoms with E-state index < -0.39 is 16.8 Å². The molecule has 6 heteroatoms. The highest BCUT2D eigenvalue weighted by Crippen LogP contribution is 2.26. The minimum absolute atomic E-state index is 0.0101. The Balaban J connectivity index is 1.77. The maximum atomic E-state index is 14.2. The molecule has 0 bridgehead atoms. The molecule has 0 aliphatic heterocycles. The van der Waals surface area contributed by atoms with E-state index in [0.717, 1.165) is 11.6 Å².